The van der Waals surface area contributed by atoms with Gasteiger partial charge in [-0.05, 0) is 6.92 Å². The van der Waals surface area contributed by atoms with Crippen molar-refractivity contribution in [2.24, 2.45) is 0 Å². The molecule has 0 unspecified atom stereocenters. The number of hydrogen-bond donors (Lipinski definition) is 2. The van der Waals surface area contributed by atoms with E-state index in [-0.39, 0.29) is 12.3 Å². The Labute approximate surface area is 108 Å². The predicted octanol–water partition coefficient (Wildman–Crippen LogP) is 0.683. The number of nitrogens with zero attached hydrogens (tertiary/aromatic N) is 3. The van der Waals surface area contributed by atoms with Crippen LogP contribution in [0.5, 0.6) is 0 Å². The summed E-state index contributed by atoms with van der Waals surface area (Å²) < 4.78 is 0. The zero-order chi connectivity index (χ0) is 13.0. The number of hydrogen-bond acceptors (Lipinski definition) is 6. The Bertz CT molecular complexity index is 540. The summed E-state index contributed by atoms with van der Waals surface area (Å²) in [6.45, 7) is 2.09. The number of thiazole rings is 1. The quantitative estimate of drug-likeness (QED) is 0.846. The van der Waals surface area contributed by atoms with E-state index >= 15 is 0 Å². The highest BCUT2D eigenvalue weighted by Crippen LogP contribution is 2.07. The number of aromatic nitrogens is 3. The molecule has 2 aromatic rings. The van der Waals surface area contributed by atoms with E-state index in [0.717, 1.165) is 5.69 Å². The lowest BCUT2D eigenvalue weighted by Crippen LogP contribution is -2.25. The lowest BCUT2D eigenvalue weighted by molar-refractivity contribution is -0.120. The van der Waals surface area contributed by atoms with Gasteiger partial charge in [-0.25, -0.2) is 15.0 Å². The van der Waals surface area contributed by atoms with Gasteiger partial charge in [0.05, 0.1) is 17.6 Å². The van der Waals surface area contributed by atoms with Crippen LogP contribution < -0.4 is 11.1 Å². The lowest BCUT2D eigenvalue weighted by Gasteiger charge is -2.06. The summed E-state index contributed by atoms with van der Waals surface area (Å²) in [5.41, 5.74) is 8.92. The largest absolute Gasteiger partial charge is 0.383 e. The van der Waals surface area contributed by atoms with Gasteiger partial charge in [0, 0.05) is 23.7 Å². The van der Waals surface area contributed by atoms with E-state index in [1.807, 2.05) is 5.38 Å². The van der Waals surface area contributed by atoms with E-state index in [1.165, 1.54) is 11.3 Å². The molecule has 94 valence electrons. The summed E-state index contributed by atoms with van der Waals surface area (Å²) in [5.74, 6) is 0.919. The monoisotopic (exact) mass is 263 g/mol. The first-order valence-electron chi connectivity index (χ1n) is 5.37. The second-order valence-corrected chi connectivity index (χ2v) is 4.48. The molecule has 0 radical (unpaired) electrons. The third-order valence-corrected chi connectivity index (χ3v) is 2.95. The fourth-order valence-electron chi connectivity index (χ4n) is 1.39. The molecule has 0 fully saturated rings. The Morgan fingerprint density at radius 2 is 2.33 bits per heavy atom. The number of carbonyl (C=O) groups is 1. The Morgan fingerprint density at radius 1 is 1.50 bits per heavy atom. The Balaban J connectivity index is 1.89. The average Bonchev–Trinajstić information content (AvgIpc) is 2.80. The summed E-state index contributed by atoms with van der Waals surface area (Å²) in [7, 11) is 0. The molecule has 6 nitrogen and oxygen atoms in total. The Morgan fingerprint density at radius 3 is 3.00 bits per heavy atom. The third-order valence-electron chi connectivity index (χ3n) is 2.32. The van der Waals surface area contributed by atoms with Crippen LogP contribution in [0.15, 0.2) is 17.1 Å². The number of anilines is 1. The molecule has 1 amide bonds. The standard InChI is InChI=1S/C11H13N5OS/c1-7-13-3-8(11(12)16-7)4-14-10(17)2-9-5-18-6-15-9/h3,5-6H,2,4H2,1H3,(H,14,17)(H2,12,13,16). The maximum Gasteiger partial charge on any atom is 0.226 e. The molecule has 0 saturated carbocycles. The molecule has 3 N–H and O–H groups in total. The fourth-order valence-corrected chi connectivity index (χ4v) is 1.95. The number of nitrogens with one attached hydrogen (secondary N) is 1. The van der Waals surface area contributed by atoms with Crippen LogP contribution in [0.25, 0.3) is 0 Å². The number of carbonyl (C=O) groups excluding carboxylic acids is 1. The van der Waals surface area contributed by atoms with Gasteiger partial charge < -0.3 is 11.1 Å². The maximum atomic E-state index is 11.6. The number of amides is 1. The maximum absolute atomic E-state index is 11.6. The summed E-state index contributed by atoms with van der Waals surface area (Å²) >= 11 is 1.47. The van der Waals surface area contributed by atoms with E-state index in [1.54, 1.807) is 18.6 Å². The molecule has 0 aromatic carbocycles. The van der Waals surface area contributed by atoms with Crippen LogP contribution in [-0.2, 0) is 17.8 Å². The molecule has 7 heteroatoms. The van der Waals surface area contributed by atoms with Gasteiger partial charge >= 0.3 is 0 Å². The average molecular weight is 263 g/mol. The molecule has 0 spiro atoms. The highest BCUT2D eigenvalue weighted by molar-refractivity contribution is 7.07. The highest BCUT2D eigenvalue weighted by Gasteiger charge is 2.07. The molecule has 0 atom stereocenters. The van der Waals surface area contributed by atoms with Crippen molar-refractivity contribution in [3.05, 3.63) is 34.2 Å². The molecule has 2 heterocycles. The SMILES string of the molecule is Cc1ncc(CNC(=O)Cc2cscn2)c(N)n1. The van der Waals surface area contributed by atoms with Crippen molar-refractivity contribution in [3.63, 3.8) is 0 Å². The first kappa shape index (κ1) is 12.4. The molecule has 0 saturated heterocycles. The van der Waals surface area contributed by atoms with E-state index in [0.29, 0.717) is 23.8 Å². The van der Waals surface area contributed by atoms with Crippen LogP contribution in [0.3, 0.4) is 0 Å². The molecule has 0 bridgehead atoms. The van der Waals surface area contributed by atoms with Crippen molar-refractivity contribution >= 4 is 23.1 Å². The predicted molar refractivity (Wildman–Crippen MR) is 68.8 cm³/mol. The van der Waals surface area contributed by atoms with Gasteiger partial charge in [-0.3, -0.25) is 4.79 Å². The fraction of sp³-hybridized carbons (Fsp3) is 0.273. The van der Waals surface area contributed by atoms with Crippen molar-refractivity contribution in [1.82, 2.24) is 20.3 Å². The van der Waals surface area contributed by atoms with E-state index in [4.69, 9.17) is 5.73 Å². The van der Waals surface area contributed by atoms with E-state index in [2.05, 4.69) is 20.3 Å². The Kier molecular flexibility index (Phi) is 3.83. The number of nitrogens with two attached hydrogens (primary N) is 1. The van der Waals surface area contributed by atoms with Gasteiger partial charge in [0.25, 0.3) is 0 Å². The van der Waals surface area contributed by atoms with Gasteiger partial charge in [0.15, 0.2) is 0 Å². The van der Waals surface area contributed by atoms with Crippen molar-refractivity contribution in [1.29, 1.82) is 0 Å². The molecular weight excluding hydrogens is 250 g/mol. The number of aryl methyl sites for hydroxylation is 1. The minimum Gasteiger partial charge on any atom is -0.383 e. The van der Waals surface area contributed by atoms with Crippen LogP contribution in [0.2, 0.25) is 0 Å². The summed E-state index contributed by atoms with van der Waals surface area (Å²) in [6, 6.07) is 0. The number of nitrogen functional groups attached to an aromatic ring is 1. The molecule has 0 aliphatic rings. The van der Waals surface area contributed by atoms with Crippen LogP contribution in [0.4, 0.5) is 5.82 Å². The molecule has 18 heavy (non-hydrogen) atoms. The molecule has 2 aromatic heterocycles. The summed E-state index contributed by atoms with van der Waals surface area (Å²) in [4.78, 5) is 23.8. The first-order valence-corrected chi connectivity index (χ1v) is 6.31. The smallest absolute Gasteiger partial charge is 0.226 e. The molecule has 2 rings (SSSR count). The summed E-state index contributed by atoms with van der Waals surface area (Å²) in [6.07, 6.45) is 1.90. The normalized spacial score (nSPS) is 10.3. The van der Waals surface area contributed by atoms with Crippen LogP contribution in [-0.4, -0.2) is 20.9 Å². The van der Waals surface area contributed by atoms with Crippen LogP contribution in [0.1, 0.15) is 17.1 Å². The Hall–Kier alpha value is -2.02. The second kappa shape index (κ2) is 5.54. The van der Waals surface area contributed by atoms with Crippen molar-refractivity contribution in [3.8, 4) is 0 Å². The minimum atomic E-state index is -0.0964. The van der Waals surface area contributed by atoms with Gasteiger partial charge in [-0.2, -0.15) is 0 Å². The molecule has 0 aliphatic heterocycles. The van der Waals surface area contributed by atoms with Gasteiger partial charge in [-0.1, -0.05) is 0 Å². The topological polar surface area (TPSA) is 93.8 Å². The van der Waals surface area contributed by atoms with E-state index in [9.17, 15) is 4.79 Å². The first-order chi connectivity index (χ1) is 8.65. The number of rotatable bonds is 4. The lowest BCUT2D eigenvalue weighted by atomic mass is 10.2. The second-order valence-electron chi connectivity index (χ2n) is 3.76. The zero-order valence-corrected chi connectivity index (χ0v) is 10.7. The summed E-state index contributed by atoms with van der Waals surface area (Å²) in [5, 5.41) is 4.61. The van der Waals surface area contributed by atoms with Gasteiger partial charge in [-0.15, -0.1) is 11.3 Å². The van der Waals surface area contributed by atoms with E-state index < -0.39 is 0 Å². The van der Waals surface area contributed by atoms with Gasteiger partial charge in [0.2, 0.25) is 5.91 Å². The minimum absolute atomic E-state index is 0.0964. The van der Waals surface area contributed by atoms with Crippen LogP contribution >= 0.6 is 11.3 Å². The van der Waals surface area contributed by atoms with Crippen LogP contribution in [0, 0.1) is 6.92 Å². The zero-order valence-electron chi connectivity index (χ0n) is 9.88. The van der Waals surface area contributed by atoms with Crippen molar-refractivity contribution in [2.45, 2.75) is 19.9 Å². The van der Waals surface area contributed by atoms with Crippen molar-refractivity contribution in [2.75, 3.05) is 5.73 Å². The highest BCUT2D eigenvalue weighted by atomic mass is 32.1. The third kappa shape index (κ3) is 3.24. The molecular formula is C11H13N5OS. The molecule has 0 aliphatic carbocycles. The van der Waals surface area contributed by atoms with Crippen molar-refractivity contribution < 1.29 is 4.79 Å². The van der Waals surface area contributed by atoms with Gasteiger partial charge in [0.1, 0.15) is 11.6 Å².